The van der Waals surface area contributed by atoms with Crippen molar-refractivity contribution in [3.05, 3.63) is 47.8 Å². The lowest BCUT2D eigenvalue weighted by molar-refractivity contribution is 0.733. The Morgan fingerprint density at radius 1 is 1.21 bits per heavy atom. The van der Waals surface area contributed by atoms with Crippen LogP contribution in [0.3, 0.4) is 0 Å². The monoisotopic (exact) mass is 339 g/mol. The Labute approximate surface area is 143 Å². The summed E-state index contributed by atoms with van der Waals surface area (Å²) in [5.41, 5.74) is 1.06. The molecule has 0 saturated carbocycles. The molecule has 0 aliphatic carbocycles. The largest absolute Gasteiger partial charge is 0.355 e. The van der Waals surface area contributed by atoms with Crippen molar-refractivity contribution in [3.63, 3.8) is 0 Å². The van der Waals surface area contributed by atoms with Crippen molar-refractivity contribution < 1.29 is 0 Å². The molecule has 4 heterocycles. The van der Waals surface area contributed by atoms with Gasteiger partial charge in [0.2, 0.25) is 0 Å². The minimum absolute atomic E-state index is 0.366. The summed E-state index contributed by atoms with van der Waals surface area (Å²) in [5.74, 6) is 2.85. The van der Waals surface area contributed by atoms with Crippen LogP contribution in [0.25, 0.3) is 0 Å². The van der Waals surface area contributed by atoms with Gasteiger partial charge in [-0.1, -0.05) is 0 Å². The molecule has 7 nitrogen and oxygen atoms in total. The summed E-state index contributed by atoms with van der Waals surface area (Å²) in [6, 6.07) is 2.03. The number of aromatic nitrogens is 5. The maximum atomic E-state index is 4.64. The van der Waals surface area contributed by atoms with E-state index in [-0.39, 0.29) is 0 Å². The van der Waals surface area contributed by atoms with Gasteiger partial charge in [-0.15, -0.1) is 11.3 Å². The Balaban J connectivity index is 1.53. The number of rotatable bonds is 4. The third-order valence-corrected chi connectivity index (χ3v) is 4.69. The zero-order valence-electron chi connectivity index (χ0n) is 13.3. The van der Waals surface area contributed by atoms with Crippen molar-refractivity contribution in [2.24, 2.45) is 0 Å². The highest BCUT2D eigenvalue weighted by molar-refractivity contribution is 7.13. The van der Waals surface area contributed by atoms with Crippen LogP contribution in [0.2, 0.25) is 0 Å². The highest BCUT2D eigenvalue weighted by Crippen LogP contribution is 2.30. The van der Waals surface area contributed by atoms with Gasteiger partial charge < -0.3 is 10.2 Å². The zero-order valence-corrected chi connectivity index (χ0v) is 14.1. The van der Waals surface area contributed by atoms with Gasteiger partial charge in [0.25, 0.3) is 0 Å². The maximum Gasteiger partial charge on any atom is 0.188 e. The number of hydrogen-bond acceptors (Lipinski definition) is 8. The van der Waals surface area contributed by atoms with E-state index in [1.165, 1.54) is 0 Å². The van der Waals surface area contributed by atoms with Gasteiger partial charge in [0, 0.05) is 49.0 Å². The van der Waals surface area contributed by atoms with Crippen molar-refractivity contribution >= 4 is 28.1 Å². The Hall–Kier alpha value is -2.61. The lowest BCUT2D eigenvalue weighted by Crippen LogP contribution is -2.20. The molecule has 122 valence electrons. The fraction of sp³-hybridized carbons (Fsp3) is 0.312. The van der Waals surface area contributed by atoms with Crippen LogP contribution in [0.5, 0.6) is 0 Å². The van der Waals surface area contributed by atoms with E-state index in [1.807, 2.05) is 24.6 Å². The fourth-order valence-electron chi connectivity index (χ4n) is 2.92. The molecule has 1 atom stereocenters. The van der Waals surface area contributed by atoms with E-state index in [9.17, 15) is 0 Å². The van der Waals surface area contributed by atoms with Gasteiger partial charge in [0.15, 0.2) is 5.13 Å². The quantitative estimate of drug-likeness (QED) is 0.783. The number of nitrogens with zero attached hydrogens (tertiary/aromatic N) is 6. The summed E-state index contributed by atoms with van der Waals surface area (Å²) in [4.78, 5) is 24.1. The highest BCUT2D eigenvalue weighted by atomic mass is 32.1. The van der Waals surface area contributed by atoms with Gasteiger partial charge in [-0.3, -0.25) is 4.98 Å². The van der Waals surface area contributed by atoms with Gasteiger partial charge in [0.05, 0.1) is 11.9 Å². The molecule has 0 radical (unpaired) electrons. The second kappa shape index (κ2) is 6.48. The van der Waals surface area contributed by atoms with Crippen molar-refractivity contribution in [1.29, 1.82) is 0 Å². The topological polar surface area (TPSA) is 79.7 Å². The standard InChI is InChI=1S/C16H17N7S/c1-11-20-13(8-14(21-11)22-16-19-5-7-24-16)12-2-6-23(10-12)15-9-17-3-4-18-15/h3-5,7-9,12H,2,6,10H2,1H3,(H,19,20,21,22). The molecule has 0 spiro atoms. The van der Waals surface area contributed by atoms with Crippen LogP contribution in [0, 0.1) is 6.92 Å². The molecule has 0 amide bonds. The van der Waals surface area contributed by atoms with E-state index < -0.39 is 0 Å². The molecule has 1 fully saturated rings. The van der Waals surface area contributed by atoms with Crippen molar-refractivity contribution in [2.75, 3.05) is 23.3 Å². The zero-order chi connectivity index (χ0) is 16.4. The van der Waals surface area contributed by atoms with Crippen LogP contribution >= 0.6 is 11.3 Å². The summed E-state index contributed by atoms with van der Waals surface area (Å²) in [7, 11) is 0. The number of aryl methyl sites for hydroxylation is 1. The van der Waals surface area contributed by atoms with E-state index in [0.29, 0.717) is 5.92 Å². The first-order chi connectivity index (χ1) is 11.8. The molecule has 1 aliphatic rings. The number of anilines is 3. The molecule has 1 saturated heterocycles. The molecule has 3 aromatic rings. The molecular weight excluding hydrogens is 322 g/mol. The van der Waals surface area contributed by atoms with Gasteiger partial charge >= 0.3 is 0 Å². The Morgan fingerprint density at radius 3 is 2.96 bits per heavy atom. The fourth-order valence-corrected chi connectivity index (χ4v) is 3.46. The van der Waals surface area contributed by atoms with Crippen molar-refractivity contribution in [1.82, 2.24) is 24.9 Å². The molecule has 24 heavy (non-hydrogen) atoms. The van der Waals surface area contributed by atoms with Gasteiger partial charge in [0.1, 0.15) is 17.5 Å². The Kier molecular flexibility index (Phi) is 4.04. The van der Waals surface area contributed by atoms with Crippen LogP contribution in [0.1, 0.15) is 23.9 Å². The summed E-state index contributed by atoms with van der Waals surface area (Å²) in [6.07, 6.45) is 8.05. The van der Waals surface area contributed by atoms with Crippen LogP contribution in [0.15, 0.2) is 36.2 Å². The number of hydrogen-bond donors (Lipinski definition) is 1. The average molecular weight is 339 g/mol. The first-order valence-electron chi connectivity index (χ1n) is 7.81. The second-order valence-corrected chi connectivity index (χ2v) is 6.58. The minimum atomic E-state index is 0.366. The Morgan fingerprint density at radius 2 is 2.17 bits per heavy atom. The Bertz CT molecular complexity index is 807. The maximum absolute atomic E-state index is 4.64. The minimum Gasteiger partial charge on any atom is -0.355 e. The third kappa shape index (κ3) is 3.18. The van der Waals surface area contributed by atoms with Gasteiger partial charge in [-0.2, -0.15) is 0 Å². The number of thiazole rings is 1. The molecule has 4 rings (SSSR count). The molecule has 0 bridgehead atoms. The summed E-state index contributed by atoms with van der Waals surface area (Å²) >= 11 is 1.55. The predicted octanol–water partition coefficient (Wildman–Crippen LogP) is 2.77. The number of nitrogens with one attached hydrogen (secondary N) is 1. The lowest BCUT2D eigenvalue weighted by atomic mass is 10.0. The van der Waals surface area contributed by atoms with Crippen LogP contribution in [-0.4, -0.2) is 38.0 Å². The summed E-state index contributed by atoms with van der Waals surface area (Å²) < 4.78 is 0. The smallest absolute Gasteiger partial charge is 0.188 e. The predicted molar refractivity (Wildman–Crippen MR) is 93.8 cm³/mol. The van der Waals surface area contributed by atoms with Crippen molar-refractivity contribution in [3.8, 4) is 0 Å². The molecule has 1 aliphatic heterocycles. The second-order valence-electron chi connectivity index (χ2n) is 5.68. The first-order valence-corrected chi connectivity index (χ1v) is 8.69. The van der Waals surface area contributed by atoms with E-state index in [4.69, 9.17) is 0 Å². The highest BCUT2D eigenvalue weighted by Gasteiger charge is 2.26. The normalized spacial score (nSPS) is 17.2. The molecule has 3 aromatic heterocycles. The molecular formula is C16H17N7S. The van der Waals surface area contributed by atoms with Crippen LogP contribution in [0.4, 0.5) is 16.8 Å². The van der Waals surface area contributed by atoms with E-state index >= 15 is 0 Å². The molecule has 1 unspecified atom stereocenters. The van der Waals surface area contributed by atoms with E-state index in [1.54, 1.807) is 29.9 Å². The third-order valence-electron chi connectivity index (χ3n) is 4.01. The molecule has 0 aromatic carbocycles. The molecule has 8 heteroatoms. The van der Waals surface area contributed by atoms with Gasteiger partial charge in [-0.05, 0) is 13.3 Å². The lowest BCUT2D eigenvalue weighted by Gasteiger charge is -2.17. The van der Waals surface area contributed by atoms with E-state index in [2.05, 4.69) is 35.1 Å². The average Bonchev–Trinajstić information content (AvgIpc) is 3.27. The van der Waals surface area contributed by atoms with Crippen molar-refractivity contribution in [2.45, 2.75) is 19.3 Å². The summed E-state index contributed by atoms with van der Waals surface area (Å²) in [5, 5.41) is 6.03. The van der Waals surface area contributed by atoms with Gasteiger partial charge in [-0.25, -0.2) is 19.9 Å². The first kappa shape index (κ1) is 14.9. The van der Waals surface area contributed by atoms with Crippen LogP contribution < -0.4 is 10.2 Å². The van der Waals surface area contributed by atoms with Crippen LogP contribution in [-0.2, 0) is 0 Å². The molecule has 1 N–H and O–H groups in total. The van der Waals surface area contributed by atoms with E-state index in [0.717, 1.165) is 47.8 Å². The SMILES string of the molecule is Cc1nc(Nc2nccs2)cc(C2CCN(c3cnccn3)C2)n1. The summed E-state index contributed by atoms with van der Waals surface area (Å²) in [6.45, 7) is 3.78.